The summed E-state index contributed by atoms with van der Waals surface area (Å²) in [6.07, 6.45) is 1.24. The molecule has 2 amide bonds. The molecule has 0 saturated carbocycles. The molecule has 0 aliphatic heterocycles. The third-order valence-corrected chi connectivity index (χ3v) is 5.86. The zero-order valence-corrected chi connectivity index (χ0v) is 20.1. The fraction of sp³-hybridized carbons (Fsp3) is 0.214. The molecule has 0 aliphatic carbocycles. The molecule has 8 nitrogen and oxygen atoms in total. The average molecular weight is 485 g/mol. The number of carbonyl (C=O) groups excluding carboxylic acids is 2. The average Bonchev–Trinajstić information content (AvgIpc) is 2.88. The van der Waals surface area contributed by atoms with E-state index in [0.29, 0.717) is 29.4 Å². The van der Waals surface area contributed by atoms with Gasteiger partial charge in [0.05, 0.1) is 10.9 Å². The third kappa shape index (κ3) is 5.96. The highest BCUT2D eigenvalue weighted by molar-refractivity contribution is 5.92. The predicted octanol–water partition coefficient (Wildman–Crippen LogP) is 3.92. The van der Waals surface area contributed by atoms with Crippen LogP contribution < -0.4 is 21.9 Å². The van der Waals surface area contributed by atoms with Crippen LogP contribution in [0.15, 0.2) is 88.5 Å². The second-order valence-electron chi connectivity index (χ2n) is 8.63. The van der Waals surface area contributed by atoms with Gasteiger partial charge in [-0.05, 0) is 56.2 Å². The van der Waals surface area contributed by atoms with Crippen molar-refractivity contribution < 1.29 is 9.59 Å². The molecular weight excluding hydrogens is 456 g/mol. The van der Waals surface area contributed by atoms with Gasteiger partial charge in [0.1, 0.15) is 6.54 Å². The largest absolute Gasteiger partial charge is 0.331 e. The fourth-order valence-corrected chi connectivity index (χ4v) is 4.00. The Morgan fingerprint density at radius 3 is 2.11 bits per heavy atom. The molecule has 0 unspecified atom stereocenters. The number of carbonyl (C=O) groups is 2. The molecule has 0 spiro atoms. The SMILES string of the molecule is Cc1ccc(NC(=O)CCCCn2c(=O)c3ccccc3n(CC(=O)Nc3ccccc3)c2=O)cc1. The second-order valence-corrected chi connectivity index (χ2v) is 8.63. The number of amides is 2. The number of nitrogens with one attached hydrogen (secondary N) is 2. The molecule has 1 aromatic heterocycles. The summed E-state index contributed by atoms with van der Waals surface area (Å²) in [6, 6.07) is 23.3. The van der Waals surface area contributed by atoms with Crippen molar-refractivity contribution in [2.45, 2.75) is 39.3 Å². The summed E-state index contributed by atoms with van der Waals surface area (Å²) in [6.45, 7) is 1.90. The molecule has 184 valence electrons. The fourth-order valence-electron chi connectivity index (χ4n) is 4.00. The topological polar surface area (TPSA) is 102 Å². The molecule has 2 N–H and O–H groups in total. The standard InChI is InChI=1S/C28H28N4O4/c1-20-14-16-22(17-15-20)29-25(33)13-7-8-18-31-27(35)23-11-5-6-12-24(23)32(28(31)36)19-26(34)30-21-9-3-2-4-10-21/h2-6,9-12,14-17H,7-8,13,18-19H2,1H3,(H,29,33)(H,30,34). The van der Waals surface area contributed by atoms with Crippen molar-refractivity contribution >= 4 is 34.1 Å². The summed E-state index contributed by atoms with van der Waals surface area (Å²) in [7, 11) is 0. The van der Waals surface area contributed by atoms with E-state index in [2.05, 4.69) is 10.6 Å². The number of aromatic nitrogens is 2. The van der Waals surface area contributed by atoms with Gasteiger partial charge in [0, 0.05) is 24.3 Å². The minimum absolute atomic E-state index is 0.125. The summed E-state index contributed by atoms with van der Waals surface area (Å²) >= 11 is 0. The van der Waals surface area contributed by atoms with Crippen molar-refractivity contribution in [2.75, 3.05) is 10.6 Å². The summed E-state index contributed by atoms with van der Waals surface area (Å²) in [5.41, 5.74) is 1.91. The van der Waals surface area contributed by atoms with E-state index in [1.807, 2.05) is 37.3 Å². The Hall–Kier alpha value is -4.46. The third-order valence-electron chi connectivity index (χ3n) is 5.86. The van der Waals surface area contributed by atoms with Crippen molar-refractivity contribution in [2.24, 2.45) is 0 Å². The summed E-state index contributed by atoms with van der Waals surface area (Å²) in [4.78, 5) is 51.2. The Bertz CT molecular complexity index is 1490. The quantitative estimate of drug-likeness (QED) is 0.352. The second kappa shape index (κ2) is 11.3. The van der Waals surface area contributed by atoms with Gasteiger partial charge < -0.3 is 10.6 Å². The van der Waals surface area contributed by atoms with Crippen molar-refractivity contribution in [3.63, 3.8) is 0 Å². The molecule has 0 aliphatic rings. The maximum atomic E-state index is 13.3. The molecule has 0 bridgehead atoms. The normalized spacial score (nSPS) is 10.8. The monoisotopic (exact) mass is 484 g/mol. The number of fused-ring (bicyclic) bond motifs is 1. The number of hydrogen-bond donors (Lipinski definition) is 2. The van der Waals surface area contributed by atoms with E-state index < -0.39 is 11.2 Å². The lowest BCUT2D eigenvalue weighted by Crippen LogP contribution is -2.41. The minimum Gasteiger partial charge on any atom is -0.326 e. The molecule has 1 heterocycles. The number of aryl methyl sites for hydroxylation is 1. The number of hydrogen-bond acceptors (Lipinski definition) is 4. The van der Waals surface area contributed by atoms with Gasteiger partial charge in [-0.3, -0.25) is 23.5 Å². The number of rotatable bonds is 9. The van der Waals surface area contributed by atoms with Crippen LogP contribution >= 0.6 is 0 Å². The van der Waals surface area contributed by atoms with Crippen LogP contribution in [0.5, 0.6) is 0 Å². The van der Waals surface area contributed by atoms with Crippen LogP contribution in [0, 0.1) is 6.92 Å². The molecule has 0 atom stereocenters. The lowest BCUT2D eigenvalue weighted by atomic mass is 10.2. The van der Waals surface area contributed by atoms with Gasteiger partial charge in [-0.15, -0.1) is 0 Å². The Morgan fingerprint density at radius 1 is 0.722 bits per heavy atom. The minimum atomic E-state index is -0.550. The van der Waals surface area contributed by atoms with Crippen LogP contribution in [0.1, 0.15) is 24.8 Å². The van der Waals surface area contributed by atoms with E-state index in [9.17, 15) is 19.2 Å². The maximum Gasteiger partial charge on any atom is 0.331 e. The molecule has 4 rings (SSSR count). The lowest BCUT2D eigenvalue weighted by Gasteiger charge is -2.14. The molecule has 0 saturated heterocycles. The molecule has 0 fully saturated rings. The number of para-hydroxylation sites is 2. The maximum absolute atomic E-state index is 13.3. The van der Waals surface area contributed by atoms with Crippen LogP contribution in [0.2, 0.25) is 0 Å². The van der Waals surface area contributed by atoms with Gasteiger partial charge in [0.2, 0.25) is 11.8 Å². The van der Waals surface area contributed by atoms with Gasteiger partial charge in [-0.1, -0.05) is 48.0 Å². The van der Waals surface area contributed by atoms with Gasteiger partial charge in [-0.2, -0.15) is 0 Å². The first-order valence-corrected chi connectivity index (χ1v) is 11.9. The highest BCUT2D eigenvalue weighted by Crippen LogP contribution is 2.11. The van der Waals surface area contributed by atoms with Crippen LogP contribution in [-0.2, 0) is 22.7 Å². The van der Waals surface area contributed by atoms with Crippen LogP contribution in [0.4, 0.5) is 11.4 Å². The van der Waals surface area contributed by atoms with Gasteiger partial charge >= 0.3 is 5.69 Å². The van der Waals surface area contributed by atoms with Crippen molar-refractivity contribution in [1.82, 2.24) is 9.13 Å². The van der Waals surface area contributed by atoms with E-state index >= 15 is 0 Å². The van der Waals surface area contributed by atoms with Gasteiger partial charge in [-0.25, -0.2) is 4.79 Å². The van der Waals surface area contributed by atoms with E-state index in [4.69, 9.17) is 0 Å². The lowest BCUT2D eigenvalue weighted by molar-refractivity contribution is -0.117. The molecule has 3 aromatic carbocycles. The van der Waals surface area contributed by atoms with E-state index in [-0.39, 0.29) is 31.3 Å². The van der Waals surface area contributed by atoms with Gasteiger partial charge in [0.25, 0.3) is 5.56 Å². The Kier molecular flexibility index (Phi) is 7.75. The Morgan fingerprint density at radius 2 is 1.36 bits per heavy atom. The number of unbranched alkanes of at least 4 members (excludes halogenated alkanes) is 1. The highest BCUT2D eigenvalue weighted by atomic mass is 16.2. The zero-order chi connectivity index (χ0) is 25.5. The first-order valence-electron chi connectivity index (χ1n) is 11.9. The highest BCUT2D eigenvalue weighted by Gasteiger charge is 2.15. The molecule has 8 heteroatoms. The van der Waals surface area contributed by atoms with E-state index in [1.165, 1.54) is 4.57 Å². The Balaban J connectivity index is 1.46. The number of nitrogens with zero attached hydrogens (tertiary/aromatic N) is 2. The Labute approximate surface area is 208 Å². The van der Waals surface area contributed by atoms with Gasteiger partial charge in [0.15, 0.2) is 0 Å². The van der Waals surface area contributed by atoms with Crippen molar-refractivity contribution in [1.29, 1.82) is 0 Å². The summed E-state index contributed by atoms with van der Waals surface area (Å²) < 4.78 is 2.47. The summed E-state index contributed by atoms with van der Waals surface area (Å²) in [5.74, 6) is -0.494. The van der Waals surface area contributed by atoms with Crippen LogP contribution in [0.25, 0.3) is 10.9 Å². The molecule has 36 heavy (non-hydrogen) atoms. The van der Waals surface area contributed by atoms with E-state index in [0.717, 1.165) is 15.8 Å². The first-order chi connectivity index (χ1) is 17.4. The van der Waals surface area contributed by atoms with Crippen molar-refractivity contribution in [3.8, 4) is 0 Å². The zero-order valence-electron chi connectivity index (χ0n) is 20.1. The number of benzene rings is 3. The van der Waals surface area contributed by atoms with Crippen LogP contribution in [-0.4, -0.2) is 20.9 Å². The molecular formula is C28H28N4O4. The number of anilines is 2. The molecule has 0 radical (unpaired) electrons. The first kappa shape index (κ1) is 24.7. The molecule has 4 aromatic rings. The van der Waals surface area contributed by atoms with E-state index in [1.54, 1.807) is 48.5 Å². The predicted molar refractivity (Wildman–Crippen MR) is 141 cm³/mol. The van der Waals surface area contributed by atoms with Crippen LogP contribution in [0.3, 0.4) is 0 Å². The van der Waals surface area contributed by atoms with Crippen molar-refractivity contribution in [3.05, 3.63) is 105 Å². The smallest absolute Gasteiger partial charge is 0.326 e. The summed E-state index contributed by atoms with van der Waals surface area (Å²) in [5, 5.41) is 5.98.